The molecule has 0 atom stereocenters. The highest BCUT2D eigenvalue weighted by Crippen LogP contribution is 2.22. The molecule has 3 heterocycles. The number of hydrogen-bond donors (Lipinski definition) is 2. The highest BCUT2D eigenvalue weighted by Gasteiger charge is 2.11. The summed E-state index contributed by atoms with van der Waals surface area (Å²) >= 11 is 1.44. The Hall–Kier alpha value is -3.13. The first-order valence-electron chi connectivity index (χ1n) is 7.06. The Balaban J connectivity index is 1.54. The van der Waals surface area contributed by atoms with Crippen molar-refractivity contribution in [3.05, 3.63) is 65.7 Å². The van der Waals surface area contributed by atoms with Gasteiger partial charge in [0.25, 0.3) is 5.91 Å². The number of carbonyl (C=O) groups is 2. The quantitative estimate of drug-likeness (QED) is 0.704. The predicted molar refractivity (Wildman–Crippen MR) is 88.9 cm³/mol. The fraction of sp³-hybridized carbons (Fsp3) is 0.0625. The van der Waals surface area contributed by atoms with Crippen LogP contribution in [0.5, 0.6) is 0 Å². The van der Waals surface area contributed by atoms with Crippen LogP contribution in [0.2, 0.25) is 0 Å². The molecule has 0 saturated heterocycles. The van der Waals surface area contributed by atoms with Gasteiger partial charge in [-0.1, -0.05) is 0 Å². The molecule has 8 heteroatoms. The third kappa shape index (κ3) is 3.99. The molecule has 3 rings (SSSR count). The van der Waals surface area contributed by atoms with Gasteiger partial charge < -0.3 is 0 Å². The summed E-state index contributed by atoms with van der Waals surface area (Å²) in [5.74, 6) is -0.777. The van der Waals surface area contributed by atoms with E-state index in [0.29, 0.717) is 11.3 Å². The summed E-state index contributed by atoms with van der Waals surface area (Å²) in [5, 5.41) is 2.61. The minimum atomic E-state index is -0.425. The zero-order chi connectivity index (χ0) is 16.8. The Kier molecular flexibility index (Phi) is 4.87. The highest BCUT2D eigenvalue weighted by atomic mass is 32.1. The van der Waals surface area contributed by atoms with Gasteiger partial charge in [-0.05, 0) is 24.3 Å². The zero-order valence-corrected chi connectivity index (χ0v) is 13.3. The van der Waals surface area contributed by atoms with Gasteiger partial charge in [0.1, 0.15) is 5.01 Å². The van der Waals surface area contributed by atoms with Crippen molar-refractivity contribution in [3.63, 3.8) is 0 Å². The van der Waals surface area contributed by atoms with Crippen LogP contribution in [0.1, 0.15) is 16.1 Å². The molecule has 0 saturated carbocycles. The van der Waals surface area contributed by atoms with Gasteiger partial charge in [-0.3, -0.25) is 30.4 Å². The van der Waals surface area contributed by atoms with Crippen LogP contribution in [-0.4, -0.2) is 26.8 Å². The van der Waals surface area contributed by atoms with Gasteiger partial charge in [-0.25, -0.2) is 4.98 Å². The molecule has 0 fully saturated rings. The number of carbonyl (C=O) groups excluding carboxylic acids is 2. The number of nitrogens with one attached hydrogen (secondary N) is 2. The smallest absolute Gasteiger partial charge is 0.271 e. The number of amides is 2. The summed E-state index contributed by atoms with van der Waals surface area (Å²) in [7, 11) is 0. The number of pyridine rings is 2. The van der Waals surface area contributed by atoms with Crippen molar-refractivity contribution >= 4 is 23.2 Å². The summed E-state index contributed by atoms with van der Waals surface area (Å²) in [5.41, 5.74) is 6.61. The normalized spacial score (nSPS) is 10.2. The Bertz CT molecular complexity index is 836. The molecule has 0 aromatic carbocycles. The average molecular weight is 339 g/mol. The van der Waals surface area contributed by atoms with E-state index in [2.05, 4.69) is 25.8 Å². The molecule has 3 aromatic heterocycles. The Labute approximate surface area is 141 Å². The summed E-state index contributed by atoms with van der Waals surface area (Å²) in [6, 6.07) is 6.99. The van der Waals surface area contributed by atoms with Crippen LogP contribution in [0.3, 0.4) is 0 Å². The first-order valence-corrected chi connectivity index (χ1v) is 7.94. The number of rotatable bonds is 4. The van der Waals surface area contributed by atoms with Crippen LogP contribution in [0.4, 0.5) is 0 Å². The molecular formula is C16H13N5O2S. The van der Waals surface area contributed by atoms with Crippen LogP contribution in [0.15, 0.2) is 54.4 Å². The molecule has 0 radical (unpaired) electrons. The molecule has 0 bridgehead atoms. The van der Waals surface area contributed by atoms with E-state index in [1.54, 1.807) is 30.7 Å². The number of aromatic nitrogens is 3. The van der Waals surface area contributed by atoms with Gasteiger partial charge in [-0.2, -0.15) is 0 Å². The first kappa shape index (κ1) is 15.8. The van der Waals surface area contributed by atoms with E-state index < -0.39 is 5.91 Å². The fourth-order valence-corrected chi connectivity index (χ4v) is 2.72. The van der Waals surface area contributed by atoms with Gasteiger partial charge in [0.2, 0.25) is 5.91 Å². The maximum atomic E-state index is 11.9. The number of nitrogens with zero attached hydrogens (tertiary/aromatic N) is 3. The summed E-state index contributed by atoms with van der Waals surface area (Å²) in [4.78, 5) is 36.0. The topological polar surface area (TPSA) is 96.9 Å². The van der Waals surface area contributed by atoms with Crippen LogP contribution >= 0.6 is 11.3 Å². The van der Waals surface area contributed by atoms with Crippen LogP contribution in [0.25, 0.3) is 10.6 Å². The van der Waals surface area contributed by atoms with E-state index in [0.717, 1.165) is 10.6 Å². The summed E-state index contributed by atoms with van der Waals surface area (Å²) in [6.07, 6.45) is 6.47. The fourth-order valence-electron chi connectivity index (χ4n) is 1.91. The summed E-state index contributed by atoms with van der Waals surface area (Å²) in [6.45, 7) is 0. The minimum absolute atomic E-state index is 0.0735. The molecule has 7 nitrogen and oxygen atoms in total. The van der Waals surface area contributed by atoms with E-state index in [1.807, 2.05) is 17.5 Å². The Morgan fingerprint density at radius 1 is 1.04 bits per heavy atom. The largest absolute Gasteiger partial charge is 0.273 e. The SMILES string of the molecule is O=C(Cc1csc(-c2cccnc2)n1)NNC(=O)c1cccnc1. The third-order valence-electron chi connectivity index (χ3n) is 3.04. The van der Waals surface area contributed by atoms with Crippen LogP contribution < -0.4 is 10.9 Å². The lowest BCUT2D eigenvalue weighted by molar-refractivity contribution is -0.121. The molecule has 0 aliphatic carbocycles. The molecule has 24 heavy (non-hydrogen) atoms. The standard InChI is InChI=1S/C16H13N5O2S/c22-14(20-21-15(23)11-3-1-5-17-8-11)7-13-10-24-16(19-13)12-4-2-6-18-9-12/h1-6,8-10H,7H2,(H,20,22)(H,21,23). The molecule has 2 N–H and O–H groups in total. The first-order chi connectivity index (χ1) is 11.7. The maximum Gasteiger partial charge on any atom is 0.271 e. The Morgan fingerprint density at radius 2 is 1.83 bits per heavy atom. The second-order valence-corrected chi connectivity index (χ2v) is 5.66. The lowest BCUT2D eigenvalue weighted by Gasteiger charge is -2.06. The van der Waals surface area contributed by atoms with Crippen molar-refractivity contribution in [1.29, 1.82) is 0 Å². The van der Waals surface area contributed by atoms with Crippen molar-refractivity contribution in [1.82, 2.24) is 25.8 Å². The molecule has 2 amide bonds. The van der Waals surface area contributed by atoms with E-state index in [9.17, 15) is 9.59 Å². The molecule has 0 aliphatic heterocycles. The second-order valence-electron chi connectivity index (χ2n) is 4.81. The van der Waals surface area contributed by atoms with E-state index >= 15 is 0 Å². The molecule has 120 valence electrons. The van der Waals surface area contributed by atoms with Crippen molar-refractivity contribution in [2.24, 2.45) is 0 Å². The van der Waals surface area contributed by atoms with Gasteiger partial charge in [0.05, 0.1) is 17.7 Å². The molecule has 0 aliphatic rings. The molecule has 3 aromatic rings. The van der Waals surface area contributed by atoms with Crippen molar-refractivity contribution in [2.75, 3.05) is 0 Å². The molecule has 0 unspecified atom stereocenters. The highest BCUT2D eigenvalue weighted by molar-refractivity contribution is 7.13. The number of hydrazine groups is 1. The average Bonchev–Trinajstić information content (AvgIpc) is 3.09. The summed E-state index contributed by atoms with van der Waals surface area (Å²) < 4.78 is 0. The molecular weight excluding hydrogens is 326 g/mol. The van der Waals surface area contributed by atoms with E-state index in [4.69, 9.17) is 0 Å². The minimum Gasteiger partial charge on any atom is -0.273 e. The Morgan fingerprint density at radius 3 is 2.54 bits per heavy atom. The van der Waals surface area contributed by atoms with Crippen LogP contribution in [-0.2, 0) is 11.2 Å². The maximum absolute atomic E-state index is 11.9. The number of thiazole rings is 1. The lowest BCUT2D eigenvalue weighted by Crippen LogP contribution is -2.42. The van der Waals surface area contributed by atoms with Gasteiger partial charge in [0.15, 0.2) is 0 Å². The van der Waals surface area contributed by atoms with E-state index in [-0.39, 0.29) is 12.3 Å². The monoisotopic (exact) mass is 339 g/mol. The van der Waals surface area contributed by atoms with Gasteiger partial charge in [0, 0.05) is 35.7 Å². The molecule has 0 spiro atoms. The van der Waals surface area contributed by atoms with Crippen LogP contribution in [0, 0.1) is 0 Å². The van der Waals surface area contributed by atoms with Gasteiger partial charge >= 0.3 is 0 Å². The van der Waals surface area contributed by atoms with Crippen molar-refractivity contribution < 1.29 is 9.59 Å². The van der Waals surface area contributed by atoms with E-state index in [1.165, 1.54) is 17.5 Å². The zero-order valence-electron chi connectivity index (χ0n) is 12.5. The second kappa shape index (κ2) is 7.42. The van der Waals surface area contributed by atoms with Crippen molar-refractivity contribution in [2.45, 2.75) is 6.42 Å². The predicted octanol–water partition coefficient (Wildman–Crippen LogP) is 1.60. The lowest BCUT2D eigenvalue weighted by atomic mass is 10.3. The van der Waals surface area contributed by atoms with Crippen molar-refractivity contribution in [3.8, 4) is 10.6 Å². The third-order valence-corrected chi connectivity index (χ3v) is 3.98. The number of hydrogen-bond acceptors (Lipinski definition) is 6. The van der Waals surface area contributed by atoms with Gasteiger partial charge in [-0.15, -0.1) is 11.3 Å².